The molecule has 1 amide bonds. The van der Waals surface area contributed by atoms with Gasteiger partial charge < -0.3 is 29.6 Å². The second-order valence-corrected chi connectivity index (χ2v) is 6.74. The van der Waals surface area contributed by atoms with Gasteiger partial charge in [0, 0.05) is 71.0 Å². The van der Waals surface area contributed by atoms with Crippen LogP contribution in [0.25, 0.3) is 0 Å². The van der Waals surface area contributed by atoms with Gasteiger partial charge in [-0.2, -0.15) is 0 Å². The molecule has 0 heterocycles. The molecule has 0 saturated heterocycles. The number of carbonyl (C=O) groups is 2. The molecule has 1 atom stereocenters. The predicted molar refractivity (Wildman–Crippen MR) is 135 cm³/mol. The molecular weight excluding hydrogens is 591 g/mol. The van der Waals surface area contributed by atoms with Crippen LogP contribution in [0.4, 0.5) is 0 Å². The van der Waals surface area contributed by atoms with Gasteiger partial charge in [0.2, 0.25) is 5.78 Å². The Kier molecular flexibility index (Phi) is 48.0. The van der Waals surface area contributed by atoms with Crippen molar-refractivity contribution in [3.63, 3.8) is 0 Å². The third kappa shape index (κ3) is 27.9. The molecule has 0 bridgehead atoms. The quantitative estimate of drug-likeness (QED) is 0.0716. The van der Waals surface area contributed by atoms with Gasteiger partial charge in [-0.25, -0.2) is 4.57 Å². The summed E-state index contributed by atoms with van der Waals surface area (Å²) in [5, 5.41) is 2.10. The number of ketones is 1. The Morgan fingerprint density at radius 2 is 1.45 bits per heavy atom. The average molecular weight is 633 g/mol. The fourth-order valence-corrected chi connectivity index (χ4v) is 2.34. The Hall–Kier alpha value is -0.222. The zero-order valence-corrected chi connectivity index (χ0v) is 28.4. The first-order chi connectivity index (χ1) is 13.7. The summed E-state index contributed by atoms with van der Waals surface area (Å²) in [6.07, 6.45) is 10.0. The van der Waals surface area contributed by atoms with Crippen LogP contribution in [0.15, 0.2) is 72.6 Å². The molecule has 9 heteroatoms. The van der Waals surface area contributed by atoms with Gasteiger partial charge in [-0.3, -0.25) is 9.59 Å². The van der Waals surface area contributed by atoms with Crippen LogP contribution in [0, 0.1) is 14.9 Å². The first-order valence-corrected chi connectivity index (χ1v) is 11.2. The number of Topliss-reactive ketones (excluding diaryl/α,β-unsaturated/α-hetero) is 1. The van der Waals surface area contributed by atoms with Gasteiger partial charge in [0.25, 0.3) is 5.91 Å². The monoisotopic (exact) mass is 633 g/mol. The number of rotatable bonds is 10. The Labute approximate surface area is 253 Å². The van der Waals surface area contributed by atoms with Crippen molar-refractivity contribution in [2.45, 2.75) is 48.5 Å². The van der Waals surface area contributed by atoms with E-state index in [9.17, 15) is 19.0 Å². The molecular formula is C24H42NO5PY2-2. The maximum absolute atomic E-state index is 12.0. The summed E-state index contributed by atoms with van der Waals surface area (Å²) in [6, 6.07) is 0. The molecule has 0 aliphatic carbocycles. The van der Waals surface area contributed by atoms with Gasteiger partial charge in [-0.1, -0.05) is 82.9 Å². The van der Waals surface area contributed by atoms with E-state index in [1.165, 1.54) is 25.2 Å². The number of allylic oxidation sites excluding steroid dienone is 9. The van der Waals surface area contributed by atoms with E-state index >= 15 is 0 Å². The Balaban J connectivity index is -0.000000159. The number of hydrogen-bond donors (Lipinski definition) is 2. The van der Waals surface area contributed by atoms with E-state index in [0.717, 1.165) is 5.57 Å². The van der Waals surface area contributed by atoms with Gasteiger partial charge in [-0.05, 0) is 26.8 Å². The van der Waals surface area contributed by atoms with Crippen LogP contribution in [-0.4, -0.2) is 22.9 Å². The molecule has 2 N–H and O–H groups in total. The van der Waals surface area contributed by atoms with Gasteiger partial charge in [0.15, 0.2) is 0 Å². The van der Waals surface area contributed by atoms with E-state index in [-0.39, 0.29) is 91.6 Å². The third-order valence-corrected chi connectivity index (χ3v) is 3.92. The zero-order chi connectivity index (χ0) is 23.5. The molecule has 0 aromatic heterocycles. The van der Waals surface area contributed by atoms with Crippen molar-refractivity contribution in [2.75, 3.05) is 6.29 Å². The normalized spacial score (nSPS) is 12.1. The van der Waals surface area contributed by atoms with E-state index in [0.29, 0.717) is 0 Å². The van der Waals surface area contributed by atoms with E-state index < -0.39 is 25.6 Å². The van der Waals surface area contributed by atoms with Crippen LogP contribution in [0.5, 0.6) is 0 Å². The minimum absolute atomic E-state index is 0. The van der Waals surface area contributed by atoms with Gasteiger partial charge in [0.1, 0.15) is 12.0 Å². The predicted octanol–water partition coefficient (Wildman–Crippen LogP) is 6.50. The average Bonchev–Trinajstić information content (AvgIpc) is 2.73. The van der Waals surface area contributed by atoms with Crippen LogP contribution in [0.1, 0.15) is 48.5 Å². The third-order valence-electron chi connectivity index (χ3n) is 2.79. The largest absolute Gasteiger partial charge is 0.428 e. The van der Waals surface area contributed by atoms with Crippen LogP contribution in [0.3, 0.4) is 0 Å². The maximum Gasteiger partial charge on any atom is 0.395 e. The Morgan fingerprint density at radius 3 is 1.85 bits per heavy atom. The van der Waals surface area contributed by atoms with Gasteiger partial charge in [-0.15, -0.1) is 0 Å². The fraction of sp³-hybridized carbons (Fsp3) is 0.333. The van der Waals surface area contributed by atoms with Crippen LogP contribution >= 0.6 is 7.60 Å². The molecule has 0 saturated carbocycles. The molecule has 33 heavy (non-hydrogen) atoms. The molecule has 0 rings (SSSR count). The summed E-state index contributed by atoms with van der Waals surface area (Å²) in [6.45, 7) is 20.1. The van der Waals surface area contributed by atoms with Crippen molar-refractivity contribution in [2.24, 2.45) is 0 Å². The van der Waals surface area contributed by atoms with Crippen molar-refractivity contribution >= 4 is 19.3 Å². The first-order valence-electron chi connectivity index (χ1n) is 9.43. The summed E-state index contributed by atoms with van der Waals surface area (Å²) in [5.74, 6) is -1.69. The van der Waals surface area contributed by atoms with E-state index in [1.54, 1.807) is 38.2 Å². The maximum atomic E-state index is 12.0. The second kappa shape index (κ2) is 31.8. The molecule has 186 valence electrons. The van der Waals surface area contributed by atoms with Crippen LogP contribution in [-0.2, 0) is 84.1 Å². The summed E-state index contributed by atoms with van der Waals surface area (Å²) in [7, 11) is -4.14. The van der Waals surface area contributed by atoms with E-state index in [4.69, 9.17) is 4.52 Å². The van der Waals surface area contributed by atoms with Crippen molar-refractivity contribution in [1.82, 2.24) is 5.32 Å². The molecule has 0 spiro atoms. The van der Waals surface area contributed by atoms with Crippen LogP contribution < -0.4 is 5.32 Å². The smallest absolute Gasteiger partial charge is 0.395 e. The number of amides is 1. The van der Waals surface area contributed by atoms with Crippen molar-refractivity contribution in [3.8, 4) is 0 Å². The molecule has 0 aliphatic rings. The Bertz CT molecular complexity index is 712. The summed E-state index contributed by atoms with van der Waals surface area (Å²) < 4.78 is 16.9. The standard InChI is InChI=1S/C18H24NO5P.2C2H6.2CH3.2Y/c1-6-9-10-16(8-3)17(20)18(21)19-13-25(22,23)24-15(5)12-11-14(4)7-2;2*1-2;;;;/h6-12H,2-3,13H2,1,4-5H3,(H,19,21)(H,22,23);2*1-2H3;2*1H3;;/q;;;2*-1;;/b9-6-,14-11-,15-12+,16-10+;;;;;;. The van der Waals surface area contributed by atoms with Crippen molar-refractivity contribution < 1.29 is 89.0 Å². The first kappa shape index (κ1) is 49.8. The van der Waals surface area contributed by atoms with Crippen molar-refractivity contribution in [1.29, 1.82) is 0 Å². The molecule has 2 radical (unpaired) electrons. The molecule has 6 nitrogen and oxygen atoms in total. The second-order valence-electron chi connectivity index (χ2n) is 4.97. The minimum atomic E-state index is -4.14. The molecule has 0 aromatic rings. The summed E-state index contributed by atoms with van der Waals surface area (Å²) >= 11 is 0. The van der Waals surface area contributed by atoms with E-state index in [1.807, 2.05) is 27.7 Å². The molecule has 0 aliphatic heterocycles. The number of nitrogens with one attached hydrogen (secondary N) is 1. The topological polar surface area (TPSA) is 92.7 Å². The van der Waals surface area contributed by atoms with E-state index in [2.05, 4.69) is 18.5 Å². The SMILES string of the molecule is C=C/C(C)=C\C=C(/C)OP(=O)(O)CNC(=O)C(=O)/C(C=C)=C/C=C\C.CC.CC.[CH3-].[CH3-].[Y].[Y]. The van der Waals surface area contributed by atoms with Crippen molar-refractivity contribution in [3.05, 3.63) is 87.4 Å². The minimum Gasteiger partial charge on any atom is -0.428 e. The summed E-state index contributed by atoms with van der Waals surface area (Å²) in [5.41, 5.74) is 0.921. The van der Waals surface area contributed by atoms with Gasteiger partial charge in [0.05, 0.1) is 0 Å². The molecule has 0 fully saturated rings. The molecule has 0 aromatic carbocycles. The van der Waals surface area contributed by atoms with Crippen LogP contribution in [0.2, 0.25) is 0 Å². The number of hydrogen-bond acceptors (Lipinski definition) is 4. The zero-order valence-electron chi connectivity index (χ0n) is 21.8. The fourth-order valence-electron chi connectivity index (χ4n) is 1.42. The molecule has 1 unspecified atom stereocenters. The van der Waals surface area contributed by atoms with Gasteiger partial charge >= 0.3 is 7.60 Å². The summed E-state index contributed by atoms with van der Waals surface area (Å²) in [4.78, 5) is 33.5. The number of carbonyl (C=O) groups excluding carboxylic acids is 2. The Morgan fingerprint density at radius 1 is 0.970 bits per heavy atom.